The highest BCUT2D eigenvalue weighted by Gasteiger charge is 2.30. The van der Waals surface area contributed by atoms with Crippen LogP contribution in [0.5, 0.6) is 0 Å². The van der Waals surface area contributed by atoms with Crippen molar-refractivity contribution in [1.29, 1.82) is 0 Å². The van der Waals surface area contributed by atoms with Gasteiger partial charge in [-0.25, -0.2) is 9.48 Å². The molecule has 0 aliphatic heterocycles. The van der Waals surface area contributed by atoms with Crippen LogP contribution in [-0.2, 0) is 12.7 Å². The number of hydrogen-bond donors (Lipinski definition) is 2. The Hall–Kier alpha value is -2.42. The zero-order chi connectivity index (χ0) is 15.6. The minimum absolute atomic E-state index is 0.0172. The van der Waals surface area contributed by atoms with Crippen molar-refractivity contribution in [3.8, 4) is 11.3 Å². The Morgan fingerprint density at radius 1 is 1.24 bits per heavy atom. The number of carbonyl (C=O) groups is 1. The van der Waals surface area contributed by atoms with E-state index in [2.05, 4.69) is 10.3 Å². The molecule has 0 bridgehead atoms. The highest BCUT2D eigenvalue weighted by Crippen LogP contribution is 2.31. The average molecular weight is 301 g/mol. The van der Waals surface area contributed by atoms with Crippen LogP contribution in [0.1, 0.15) is 16.1 Å². The Balaban J connectivity index is 2.50. The predicted molar refractivity (Wildman–Crippen MR) is 64.5 cm³/mol. The third-order valence-electron chi connectivity index (χ3n) is 2.74. The molecule has 0 saturated heterocycles. The minimum atomic E-state index is -4.47. The first-order chi connectivity index (χ1) is 9.84. The van der Waals surface area contributed by atoms with Crippen LogP contribution in [0.4, 0.5) is 13.2 Å². The summed E-state index contributed by atoms with van der Waals surface area (Å²) in [5.41, 5.74) is -0.961. The van der Waals surface area contributed by atoms with Gasteiger partial charge in [-0.2, -0.15) is 13.2 Å². The summed E-state index contributed by atoms with van der Waals surface area (Å²) in [6, 6.07) is 3.97. The molecule has 2 rings (SSSR count). The smallest absolute Gasteiger partial charge is 0.416 e. The first-order valence-electron chi connectivity index (χ1n) is 5.80. The molecule has 0 saturated carbocycles. The van der Waals surface area contributed by atoms with Crippen LogP contribution in [0.2, 0.25) is 0 Å². The van der Waals surface area contributed by atoms with Gasteiger partial charge in [0.25, 0.3) is 0 Å². The lowest BCUT2D eigenvalue weighted by Gasteiger charge is -2.09. The zero-order valence-corrected chi connectivity index (χ0v) is 10.5. The standard InChI is InChI=1S/C12H10F3N3O3/c13-12(14,15)8-3-1-7(2-4-8)10-9(11(20)21)16-17-18(10)5-6-19/h1-4,19H,5-6H2,(H,20,21). The summed E-state index contributed by atoms with van der Waals surface area (Å²) in [5.74, 6) is -1.35. The van der Waals surface area contributed by atoms with Gasteiger partial charge in [-0.1, -0.05) is 17.3 Å². The molecule has 112 valence electrons. The van der Waals surface area contributed by atoms with Crippen molar-refractivity contribution in [3.05, 3.63) is 35.5 Å². The predicted octanol–water partition coefficient (Wildman–Crippen LogP) is 1.65. The number of hydrogen-bond acceptors (Lipinski definition) is 4. The Morgan fingerprint density at radius 3 is 2.33 bits per heavy atom. The summed E-state index contributed by atoms with van der Waals surface area (Å²) in [6.07, 6.45) is -4.47. The van der Waals surface area contributed by atoms with Crippen LogP contribution >= 0.6 is 0 Å². The maximum atomic E-state index is 12.5. The Morgan fingerprint density at radius 2 is 1.86 bits per heavy atom. The van der Waals surface area contributed by atoms with Gasteiger partial charge in [0.05, 0.1) is 18.7 Å². The van der Waals surface area contributed by atoms with E-state index in [1.807, 2.05) is 0 Å². The van der Waals surface area contributed by atoms with E-state index >= 15 is 0 Å². The molecule has 6 nitrogen and oxygen atoms in total. The molecule has 21 heavy (non-hydrogen) atoms. The molecule has 0 spiro atoms. The fourth-order valence-electron chi connectivity index (χ4n) is 1.81. The van der Waals surface area contributed by atoms with Crippen molar-refractivity contribution < 1.29 is 28.2 Å². The second kappa shape index (κ2) is 5.52. The van der Waals surface area contributed by atoms with E-state index in [1.165, 1.54) is 0 Å². The van der Waals surface area contributed by atoms with Gasteiger partial charge < -0.3 is 10.2 Å². The summed E-state index contributed by atoms with van der Waals surface area (Å²) in [6.45, 7) is -0.327. The average Bonchev–Trinajstić information content (AvgIpc) is 2.82. The van der Waals surface area contributed by atoms with E-state index < -0.39 is 17.7 Å². The molecule has 0 atom stereocenters. The van der Waals surface area contributed by atoms with Gasteiger partial charge in [0.15, 0.2) is 5.69 Å². The molecule has 1 heterocycles. The molecule has 2 aromatic rings. The number of aliphatic hydroxyl groups is 1. The summed E-state index contributed by atoms with van der Waals surface area (Å²) in [4.78, 5) is 11.1. The molecule has 0 radical (unpaired) electrons. The number of benzene rings is 1. The van der Waals surface area contributed by atoms with Gasteiger partial charge in [-0.3, -0.25) is 0 Å². The number of alkyl halides is 3. The van der Waals surface area contributed by atoms with E-state index in [1.54, 1.807) is 0 Å². The number of carboxylic acid groups (broad SMARTS) is 1. The van der Waals surface area contributed by atoms with Gasteiger partial charge in [-0.15, -0.1) is 5.10 Å². The number of aromatic nitrogens is 3. The van der Waals surface area contributed by atoms with Crippen molar-refractivity contribution >= 4 is 5.97 Å². The fraction of sp³-hybridized carbons (Fsp3) is 0.250. The van der Waals surface area contributed by atoms with E-state index in [0.717, 1.165) is 28.9 Å². The van der Waals surface area contributed by atoms with Crippen LogP contribution in [0, 0.1) is 0 Å². The second-order valence-electron chi connectivity index (χ2n) is 4.11. The molecular formula is C12H10F3N3O3. The molecule has 0 aliphatic carbocycles. The fourth-order valence-corrected chi connectivity index (χ4v) is 1.81. The van der Waals surface area contributed by atoms with Gasteiger partial charge in [0.1, 0.15) is 5.69 Å². The van der Waals surface area contributed by atoms with Gasteiger partial charge >= 0.3 is 12.1 Å². The van der Waals surface area contributed by atoms with Crippen LogP contribution < -0.4 is 0 Å². The zero-order valence-electron chi connectivity index (χ0n) is 10.5. The third kappa shape index (κ3) is 3.02. The molecule has 0 fully saturated rings. The lowest BCUT2D eigenvalue weighted by Crippen LogP contribution is -2.08. The SMILES string of the molecule is O=C(O)c1nnn(CCO)c1-c1ccc(C(F)(F)F)cc1. The highest BCUT2D eigenvalue weighted by molar-refractivity contribution is 5.92. The van der Waals surface area contributed by atoms with Crippen molar-refractivity contribution in [2.75, 3.05) is 6.61 Å². The van der Waals surface area contributed by atoms with Crippen LogP contribution in [0.15, 0.2) is 24.3 Å². The number of halogens is 3. The van der Waals surface area contributed by atoms with Gasteiger partial charge in [0, 0.05) is 5.56 Å². The normalized spacial score (nSPS) is 11.6. The van der Waals surface area contributed by atoms with Crippen molar-refractivity contribution in [2.24, 2.45) is 0 Å². The number of nitrogens with zero attached hydrogens (tertiary/aromatic N) is 3. The molecular weight excluding hydrogens is 291 g/mol. The lowest BCUT2D eigenvalue weighted by molar-refractivity contribution is -0.137. The first-order valence-corrected chi connectivity index (χ1v) is 5.80. The van der Waals surface area contributed by atoms with Crippen LogP contribution in [-0.4, -0.2) is 37.8 Å². The van der Waals surface area contributed by atoms with Gasteiger partial charge in [-0.05, 0) is 12.1 Å². The number of aromatic carboxylic acids is 1. The van der Waals surface area contributed by atoms with Crippen LogP contribution in [0.25, 0.3) is 11.3 Å². The van der Waals surface area contributed by atoms with Gasteiger partial charge in [0.2, 0.25) is 0 Å². The Kier molecular flexibility index (Phi) is 3.94. The van der Waals surface area contributed by atoms with Crippen molar-refractivity contribution in [2.45, 2.75) is 12.7 Å². The van der Waals surface area contributed by atoms with Crippen molar-refractivity contribution in [3.63, 3.8) is 0 Å². The lowest BCUT2D eigenvalue weighted by atomic mass is 10.1. The maximum absolute atomic E-state index is 12.5. The second-order valence-corrected chi connectivity index (χ2v) is 4.11. The van der Waals surface area contributed by atoms with Crippen LogP contribution in [0.3, 0.4) is 0 Å². The number of carboxylic acids is 1. The first kappa shape index (κ1) is 15.0. The molecule has 1 aromatic carbocycles. The maximum Gasteiger partial charge on any atom is 0.416 e. The summed E-state index contributed by atoms with van der Waals surface area (Å²) in [5, 5.41) is 25.0. The molecule has 0 unspecified atom stereocenters. The molecule has 2 N–H and O–H groups in total. The largest absolute Gasteiger partial charge is 0.476 e. The molecule has 1 aromatic heterocycles. The van der Waals surface area contributed by atoms with E-state index in [0.29, 0.717) is 0 Å². The highest BCUT2D eigenvalue weighted by atomic mass is 19.4. The number of rotatable bonds is 4. The van der Waals surface area contributed by atoms with Crippen molar-refractivity contribution in [1.82, 2.24) is 15.0 Å². The third-order valence-corrected chi connectivity index (χ3v) is 2.74. The topological polar surface area (TPSA) is 88.2 Å². The quantitative estimate of drug-likeness (QED) is 0.896. The summed E-state index contributed by atoms with van der Waals surface area (Å²) < 4.78 is 38.7. The van der Waals surface area contributed by atoms with E-state index in [-0.39, 0.29) is 30.1 Å². The summed E-state index contributed by atoms with van der Waals surface area (Å²) in [7, 11) is 0. The number of aliphatic hydroxyl groups excluding tert-OH is 1. The monoisotopic (exact) mass is 301 g/mol. The Labute approximate surface area is 116 Å². The molecule has 9 heteroatoms. The molecule has 0 amide bonds. The van der Waals surface area contributed by atoms with E-state index in [4.69, 9.17) is 10.2 Å². The Bertz CT molecular complexity index is 650. The van der Waals surface area contributed by atoms with E-state index in [9.17, 15) is 18.0 Å². The molecule has 0 aliphatic rings. The minimum Gasteiger partial charge on any atom is -0.476 e. The summed E-state index contributed by atoms with van der Waals surface area (Å²) >= 11 is 0.